The molecule has 0 bridgehead atoms. The molecule has 0 aliphatic rings. The van der Waals surface area contributed by atoms with Crippen LogP contribution in [0.15, 0.2) is 30.3 Å². The van der Waals surface area contributed by atoms with Gasteiger partial charge in [-0.15, -0.1) is 0 Å². The van der Waals surface area contributed by atoms with E-state index in [2.05, 4.69) is 27.5 Å². The van der Waals surface area contributed by atoms with Crippen LogP contribution in [0.25, 0.3) is 0 Å². The van der Waals surface area contributed by atoms with Crippen LogP contribution in [0.5, 0.6) is 0 Å². The zero-order valence-electron chi connectivity index (χ0n) is 12.4. The molecule has 0 atom stereocenters. The number of nitrogens with zero attached hydrogens (tertiary/aromatic N) is 3. The Morgan fingerprint density at radius 3 is 2.52 bits per heavy atom. The monoisotopic (exact) mass is 287 g/mol. The molecule has 6 heteroatoms. The Labute approximate surface area is 124 Å². The molecule has 0 radical (unpaired) electrons. The molecule has 0 aliphatic heterocycles. The summed E-state index contributed by atoms with van der Waals surface area (Å²) in [5.41, 5.74) is 4.62. The van der Waals surface area contributed by atoms with E-state index in [1.807, 2.05) is 36.9 Å². The van der Waals surface area contributed by atoms with Crippen LogP contribution in [0.3, 0.4) is 0 Å². The lowest BCUT2D eigenvalue weighted by Gasteiger charge is -2.25. The van der Waals surface area contributed by atoms with Gasteiger partial charge in [0.05, 0.1) is 6.61 Å². The molecule has 1 aromatic carbocycles. The Balaban J connectivity index is 2.36. The summed E-state index contributed by atoms with van der Waals surface area (Å²) in [5, 5.41) is 9.34. The van der Waals surface area contributed by atoms with Crippen LogP contribution < -0.4 is 16.2 Å². The summed E-state index contributed by atoms with van der Waals surface area (Å²) in [4.78, 5) is 10.8. The number of hydrogen-bond donors (Lipinski definition) is 3. The molecule has 0 saturated heterocycles. The fourth-order valence-electron chi connectivity index (χ4n) is 2.25. The average molecular weight is 287 g/mol. The van der Waals surface area contributed by atoms with E-state index in [-0.39, 0.29) is 6.61 Å². The molecule has 21 heavy (non-hydrogen) atoms. The highest BCUT2D eigenvalue weighted by atomic mass is 16.3. The summed E-state index contributed by atoms with van der Waals surface area (Å²) in [6.45, 7) is 4.96. The minimum atomic E-state index is 0.0563. The highest BCUT2D eigenvalue weighted by Gasteiger charge is 2.15. The van der Waals surface area contributed by atoms with Crippen molar-refractivity contribution in [3.8, 4) is 0 Å². The molecule has 2 aromatic rings. The van der Waals surface area contributed by atoms with Gasteiger partial charge in [0, 0.05) is 18.7 Å². The lowest BCUT2D eigenvalue weighted by molar-refractivity contribution is 0.301. The SMILES string of the molecule is Cc1nc(NN)c(C)c(N(CCO)Cc2ccccc2)n1. The van der Waals surface area contributed by atoms with Gasteiger partial charge in [0.25, 0.3) is 0 Å². The van der Waals surface area contributed by atoms with E-state index < -0.39 is 0 Å². The second kappa shape index (κ2) is 7.01. The minimum absolute atomic E-state index is 0.0563. The molecular formula is C15H21N5O. The second-order valence-corrected chi connectivity index (χ2v) is 4.84. The van der Waals surface area contributed by atoms with Crippen LogP contribution in [-0.4, -0.2) is 28.2 Å². The number of nitrogens with two attached hydrogens (primary N) is 1. The summed E-state index contributed by atoms with van der Waals surface area (Å²) < 4.78 is 0. The van der Waals surface area contributed by atoms with E-state index in [1.54, 1.807) is 0 Å². The van der Waals surface area contributed by atoms with E-state index in [9.17, 15) is 5.11 Å². The van der Waals surface area contributed by atoms with Crippen molar-refractivity contribution in [2.75, 3.05) is 23.5 Å². The molecule has 0 fully saturated rings. The third kappa shape index (κ3) is 3.68. The Kier molecular flexibility index (Phi) is 5.08. The van der Waals surface area contributed by atoms with Crippen molar-refractivity contribution in [3.63, 3.8) is 0 Å². The Morgan fingerprint density at radius 2 is 1.90 bits per heavy atom. The number of nitrogens with one attached hydrogen (secondary N) is 1. The van der Waals surface area contributed by atoms with Crippen LogP contribution in [0.4, 0.5) is 11.6 Å². The standard InChI is InChI=1S/C15H21N5O/c1-11-14(19-16)17-12(2)18-15(11)20(8-9-21)10-13-6-4-3-5-7-13/h3-7,21H,8-10,16H2,1-2H3,(H,17,18,19). The van der Waals surface area contributed by atoms with Gasteiger partial charge < -0.3 is 15.4 Å². The van der Waals surface area contributed by atoms with Crippen molar-refractivity contribution in [1.82, 2.24) is 9.97 Å². The van der Waals surface area contributed by atoms with Crippen LogP contribution in [0.2, 0.25) is 0 Å². The Bertz CT molecular complexity index is 588. The van der Waals surface area contributed by atoms with Crippen molar-refractivity contribution in [3.05, 3.63) is 47.3 Å². The average Bonchev–Trinajstić information content (AvgIpc) is 2.50. The van der Waals surface area contributed by atoms with Gasteiger partial charge in [-0.2, -0.15) is 0 Å². The summed E-state index contributed by atoms with van der Waals surface area (Å²) in [5.74, 6) is 7.54. The molecule has 0 unspecified atom stereocenters. The molecule has 0 spiro atoms. The van der Waals surface area contributed by atoms with E-state index >= 15 is 0 Å². The number of aryl methyl sites for hydroxylation is 1. The van der Waals surface area contributed by atoms with Crippen molar-refractivity contribution in [1.29, 1.82) is 0 Å². The van der Waals surface area contributed by atoms with Crippen molar-refractivity contribution < 1.29 is 5.11 Å². The predicted molar refractivity (Wildman–Crippen MR) is 83.9 cm³/mol. The van der Waals surface area contributed by atoms with Gasteiger partial charge in [0.15, 0.2) is 0 Å². The van der Waals surface area contributed by atoms with Gasteiger partial charge >= 0.3 is 0 Å². The smallest absolute Gasteiger partial charge is 0.148 e. The van der Waals surface area contributed by atoms with Gasteiger partial charge in [0.2, 0.25) is 0 Å². The molecule has 1 heterocycles. The zero-order chi connectivity index (χ0) is 15.2. The normalized spacial score (nSPS) is 10.5. The maximum atomic E-state index is 9.34. The number of aliphatic hydroxyl groups excluding tert-OH is 1. The van der Waals surface area contributed by atoms with Gasteiger partial charge in [-0.1, -0.05) is 30.3 Å². The summed E-state index contributed by atoms with van der Waals surface area (Å²) in [6, 6.07) is 10.1. The van der Waals surface area contributed by atoms with Crippen LogP contribution in [0.1, 0.15) is 17.0 Å². The number of benzene rings is 1. The Morgan fingerprint density at radius 1 is 1.19 bits per heavy atom. The molecule has 2 rings (SSSR count). The number of aliphatic hydroxyl groups is 1. The predicted octanol–water partition coefficient (Wildman–Crippen LogP) is 1.38. The van der Waals surface area contributed by atoms with Crippen LogP contribution >= 0.6 is 0 Å². The first-order valence-corrected chi connectivity index (χ1v) is 6.87. The molecule has 0 aliphatic carbocycles. The maximum Gasteiger partial charge on any atom is 0.148 e. The maximum absolute atomic E-state index is 9.34. The fraction of sp³-hybridized carbons (Fsp3) is 0.333. The lowest BCUT2D eigenvalue weighted by Crippen LogP contribution is -2.29. The van der Waals surface area contributed by atoms with Gasteiger partial charge in [0.1, 0.15) is 17.5 Å². The van der Waals surface area contributed by atoms with Crippen LogP contribution in [-0.2, 0) is 6.54 Å². The molecule has 112 valence electrons. The number of anilines is 2. The third-order valence-electron chi connectivity index (χ3n) is 3.25. The number of nitrogen functional groups attached to an aromatic ring is 1. The van der Waals surface area contributed by atoms with E-state index in [1.165, 1.54) is 0 Å². The first-order valence-electron chi connectivity index (χ1n) is 6.87. The number of rotatable bonds is 6. The first kappa shape index (κ1) is 15.2. The van der Waals surface area contributed by atoms with E-state index in [4.69, 9.17) is 5.84 Å². The largest absolute Gasteiger partial charge is 0.395 e. The van der Waals surface area contributed by atoms with Crippen molar-refractivity contribution in [2.45, 2.75) is 20.4 Å². The lowest BCUT2D eigenvalue weighted by atomic mass is 10.2. The Hall–Kier alpha value is -2.18. The second-order valence-electron chi connectivity index (χ2n) is 4.84. The molecule has 1 aromatic heterocycles. The number of hydrazine groups is 1. The molecule has 6 nitrogen and oxygen atoms in total. The number of aromatic nitrogens is 2. The van der Waals surface area contributed by atoms with Crippen LogP contribution in [0, 0.1) is 13.8 Å². The van der Waals surface area contributed by atoms with Gasteiger partial charge in [-0.25, -0.2) is 15.8 Å². The highest BCUT2D eigenvalue weighted by Crippen LogP contribution is 2.24. The molecule has 0 saturated carbocycles. The third-order valence-corrected chi connectivity index (χ3v) is 3.25. The summed E-state index contributed by atoms with van der Waals surface area (Å²) >= 11 is 0. The number of hydrogen-bond acceptors (Lipinski definition) is 6. The molecule has 0 amide bonds. The quantitative estimate of drug-likeness (QED) is 0.549. The molecular weight excluding hydrogens is 266 g/mol. The molecule has 4 N–H and O–H groups in total. The van der Waals surface area contributed by atoms with Crippen molar-refractivity contribution >= 4 is 11.6 Å². The first-order chi connectivity index (χ1) is 10.2. The summed E-state index contributed by atoms with van der Waals surface area (Å²) in [6.07, 6.45) is 0. The summed E-state index contributed by atoms with van der Waals surface area (Å²) in [7, 11) is 0. The zero-order valence-corrected chi connectivity index (χ0v) is 12.4. The van der Waals surface area contributed by atoms with Gasteiger partial charge in [-0.05, 0) is 19.4 Å². The van der Waals surface area contributed by atoms with Gasteiger partial charge in [-0.3, -0.25) is 0 Å². The minimum Gasteiger partial charge on any atom is -0.395 e. The van der Waals surface area contributed by atoms with E-state index in [0.717, 1.165) is 16.9 Å². The fourth-order valence-corrected chi connectivity index (χ4v) is 2.25. The van der Waals surface area contributed by atoms with E-state index in [0.29, 0.717) is 24.7 Å². The highest BCUT2D eigenvalue weighted by molar-refractivity contribution is 5.58. The topological polar surface area (TPSA) is 87.3 Å². The van der Waals surface area contributed by atoms with Crippen molar-refractivity contribution in [2.24, 2.45) is 5.84 Å².